The van der Waals surface area contributed by atoms with Crippen LogP contribution < -0.4 is 5.32 Å². The molecule has 0 aliphatic rings. The molecule has 12 heavy (non-hydrogen) atoms. The molecular formula is C9H21NO2. The van der Waals surface area contributed by atoms with E-state index in [1.165, 1.54) is 0 Å². The summed E-state index contributed by atoms with van der Waals surface area (Å²) in [6.45, 7) is 9.61. The van der Waals surface area contributed by atoms with Gasteiger partial charge in [0, 0.05) is 11.6 Å². The molecule has 1 atom stereocenters. The van der Waals surface area contributed by atoms with Crippen molar-refractivity contribution in [3.8, 4) is 0 Å². The second-order valence-electron chi connectivity index (χ2n) is 4.09. The van der Waals surface area contributed by atoms with E-state index in [0.717, 1.165) is 0 Å². The highest BCUT2D eigenvalue weighted by Gasteiger charge is 2.12. The maximum atomic E-state index is 8.47. The molecule has 3 nitrogen and oxygen atoms in total. The Balaban J connectivity index is 3.40. The lowest BCUT2D eigenvalue weighted by Gasteiger charge is -2.25. The first kappa shape index (κ1) is 11.9. The van der Waals surface area contributed by atoms with Gasteiger partial charge in [0.15, 0.2) is 0 Å². The third-order valence-corrected chi connectivity index (χ3v) is 1.28. The van der Waals surface area contributed by atoms with Crippen LogP contribution in [0.15, 0.2) is 0 Å². The molecule has 0 saturated carbocycles. The van der Waals surface area contributed by atoms with Gasteiger partial charge >= 0.3 is 0 Å². The fraction of sp³-hybridized carbons (Fsp3) is 1.00. The zero-order valence-electron chi connectivity index (χ0n) is 8.55. The topological polar surface area (TPSA) is 41.5 Å². The summed E-state index contributed by atoms with van der Waals surface area (Å²) in [5, 5.41) is 11.8. The average Bonchev–Trinajstić information content (AvgIpc) is 1.84. The fourth-order valence-electron chi connectivity index (χ4n) is 1.11. The van der Waals surface area contributed by atoms with E-state index in [9.17, 15) is 0 Å². The lowest BCUT2D eigenvalue weighted by atomic mass is 10.1. The molecule has 0 aromatic rings. The molecule has 0 saturated heterocycles. The van der Waals surface area contributed by atoms with Gasteiger partial charge in [0.25, 0.3) is 0 Å². The van der Waals surface area contributed by atoms with Gasteiger partial charge in [-0.15, -0.1) is 0 Å². The minimum Gasteiger partial charge on any atom is -0.394 e. The number of rotatable bonds is 5. The van der Waals surface area contributed by atoms with Gasteiger partial charge in [-0.05, 0) is 27.7 Å². The van der Waals surface area contributed by atoms with Gasteiger partial charge in [-0.1, -0.05) is 0 Å². The van der Waals surface area contributed by atoms with Crippen LogP contribution in [0, 0.1) is 0 Å². The Morgan fingerprint density at radius 3 is 2.42 bits per heavy atom. The van der Waals surface area contributed by atoms with Crippen LogP contribution in [0.2, 0.25) is 0 Å². The van der Waals surface area contributed by atoms with Crippen molar-refractivity contribution in [2.75, 3.05) is 19.8 Å². The molecule has 3 heteroatoms. The van der Waals surface area contributed by atoms with Crippen LogP contribution >= 0.6 is 0 Å². The van der Waals surface area contributed by atoms with Crippen LogP contribution in [0.1, 0.15) is 27.7 Å². The third-order valence-electron chi connectivity index (χ3n) is 1.28. The van der Waals surface area contributed by atoms with Crippen molar-refractivity contribution < 1.29 is 9.84 Å². The predicted octanol–water partition coefficient (Wildman–Crippen LogP) is 0.772. The maximum absolute atomic E-state index is 8.47. The molecule has 0 aromatic heterocycles. The average molecular weight is 175 g/mol. The van der Waals surface area contributed by atoms with Crippen molar-refractivity contribution in [3.63, 3.8) is 0 Å². The van der Waals surface area contributed by atoms with Crippen molar-refractivity contribution in [1.82, 2.24) is 5.32 Å². The smallest absolute Gasteiger partial charge is 0.0698 e. The highest BCUT2D eigenvalue weighted by molar-refractivity contribution is 4.74. The van der Waals surface area contributed by atoms with Crippen molar-refractivity contribution >= 4 is 0 Å². The van der Waals surface area contributed by atoms with E-state index in [2.05, 4.69) is 33.0 Å². The van der Waals surface area contributed by atoms with E-state index < -0.39 is 0 Å². The normalized spacial score (nSPS) is 14.8. The van der Waals surface area contributed by atoms with Crippen molar-refractivity contribution in [2.45, 2.75) is 39.3 Å². The lowest BCUT2D eigenvalue weighted by molar-refractivity contribution is 0.0749. The Bertz CT molecular complexity index is 110. The molecule has 0 radical (unpaired) electrons. The summed E-state index contributed by atoms with van der Waals surface area (Å²) in [6.07, 6.45) is 0. The zero-order chi connectivity index (χ0) is 9.61. The maximum Gasteiger partial charge on any atom is 0.0698 e. The van der Waals surface area contributed by atoms with Crippen LogP contribution in [-0.2, 0) is 4.74 Å². The highest BCUT2D eigenvalue weighted by atomic mass is 16.5. The van der Waals surface area contributed by atoms with Gasteiger partial charge in [0.05, 0.1) is 19.8 Å². The molecule has 1 unspecified atom stereocenters. The summed E-state index contributed by atoms with van der Waals surface area (Å²) in [6, 6.07) is 0.330. The standard InChI is InChI=1S/C9H21NO2/c1-8(7-12-6-5-11)10-9(2,3)4/h8,10-11H,5-7H2,1-4H3. The van der Waals surface area contributed by atoms with Gasteiger partial charge in [0.1, 0.15) is 0 Å². The van der Waals surface area contributed by atoms with Gasteiger partial charge in [0.2, 0.25) is 0 Å². The molecule has 2 N–H and O–H groups in total. The molecule has 74 valence electrons. The predicted molar refractivity (Wildman–Crippen MR) is 50.3 cm³/mol. The third kappa shape index (κ3) is 7.98. The Kier molecular flexibility index (Phi) is 5.46. The van der Waals surface area contributed by atoms with E-state index >= 15 is 0 Å². The summed E-state index contributed by atoms with van der Waals surface area (Å²) in [5.74, 6) is 0. The Morgan fingerprint density at radius 2 is 2.00 bits per heavy atom. The first-order valence-electron chi connectivity index (χ1n) is 4.42. The molecule has 0 spiro atoms. The summed E-state index contributed by atoms with van der Waals surface area (Å²) < 4.78 is 5.18. The van der Waals surface area contributed by atoms with Gasteiger partial charge < -0.3 is 15.2 Å². The first-order chi connectivity index (χ1) is 5.45. The summed E-state index contributed by atoms with van der Waals surface area (Å²) in [5.41, 5.74) is 0.127. The van der Waals surface area contributed by atoms with Crippen LogP contribution in [0.4, 0.5) is 0 Å². The Hall–Kier alpha value is -0.120. The zero-order valence-corrected chi connectivity index (χ0v) is 8.55. The molecule has 0 rings (SSSR count). The molecule has 0 amide bonds. The fourth-order valence-corrected chi connectivity index (χ4v) is 1.11. The van der Waals surface area contributed by atoms with E-state index in [1.54, 1.807) is 0 Å². The monoisotopic (exact) mass is 175 g/mol. The summed E-state index contributed by atoms with van der Waals surface area (Å²) in [7, 11) is 0. The van der Waals surface area contributed by atoms with Crippen LogP contribution in [0.5, 0.6) is 0 Å². The Labute approximate surface area is 75.1 Å². The SMILES string of the molecule is CC(COCCO)NC(C)(C)C. The van der Waals surface area contributed by atoms with E-state index in [-0.39, 0.29) is 12.1 Å². The number of ether oxygens (including phenoxy) is 1. The second-order valence-corrected chi connectivity index (χ2v) is 4.09. The van der Waals surface area contributed by atoms with Gasteiger partial charge in [-0.3, -0.25) is 0 Å². The number of aliphatic hydroxyl groups is 1. The molecule has 0 heterocycles. The molecule has 0 aromatic carbocycles. The van der Waals surface area contributed by atoms with Crippen LogP contribution in [0.3, 0.4) is 0 Å². The van der Waals surface area contributed by atoms with Crippen molar-refractivity contribution in [1.29, 1.82) is 0 Å². The van der Waals surface area contributed by atoms with E-state index in [0.29, 0.717) is 19.3 Å². The minimum atomic E-state index is 0.0994. The largest absolute Gasteiger partial charge is 0.394 e. The molecule has 0 aliphatic heterocycles. The Morgan fingerprint density at radius 1 is 1.42 bits per heavy atom. The highest BCUT2D eigenvalue weighted by Crippen LogP contribution is 2.00. The number of hydrogen-bond acceptors (Lipinski definition) is 3. The van der Waals surface area contributed by atoms with E-state index in [4.69, 9.17) is 9.84 Å². The van der Waals surface area contributed by atoms with Gasteiger partial charge in [-0.25, -0.2) is 0 Å². The van der Waals surface area contributed by atoms with Gasteiger partial charge in [-0.2, -0.15) is 0 Å². The summed E-state index contributed by atoms with van der Waals surface area (Å²) >= 11 is 0. The molecule has 0 bridgehead atoms. The molecular weight excluding hydrogens is 154 g/mol. The first-order valence-corrected chi connectivity index (χ1v) is 4.42. The quantitative estimate of drug-likeness (QED) is 0.606. The van der Waals surface area contributed by atoms with Crippen molar-refractivity contribution in [2.24, 2.45) is 0 Å². The number of nitrogens with one attached hydrogen (secondary N) is 1. The number of hydrogen-bond donors (Lipinski definition) is 2. The second kappa shape index (κ2) is 5.51. The lowest BCUT2D eigenvalue weighted by Crippen LogP contribution is -2.44. The van der Waals surface area contributed by atoms with Crippen LogP contribution in [0.25, 0.3) is 0 Å². The molecule has 0 fully saturated rings. The van der Waals surface area contributed by atoms with Crippen molar-refractivity contribution in [3.05, 3.63) is 0 Å². The van der Waals surface area contributed by atoms with E-state index in [1.807, 2.05) is 0 Å². The summed E-state index contributed by atoms with van der Waals surface area (Å²) in [4.78, 5) is 0. The minimum absolute atomic E-state index is 0.0994. The molecule has 0 aliphatic carbocycles. The number of aliphatic hydroxyl groups excluding tert-OH is 1. The van der Waals surface area contributed by atoms with Crippen LogP contribution in [-0.4, -0.2) is 36.5 Å².